The van der Waals surface area contributed by atoms with E-state index in [-0.39, 0.29) is 17.0 Å². The van der Waals surface area contributed by atoms with Crippen LogP contribution in [0.2, 0.25) is 0 Å². The van der Waals surface area contributed by atoms with Gasteiger partial charge in [-0.2, -0.15) is 0 Å². The first-order chi connectivity index (χ1) is 7.63. The summed E-state index contributed by atoms with van der Waals surface area (Å²) in [5.41, 5.74) is -0.670. The van der Waals surface area contributed by atoms with Crippen molar-refractivity contribution in [2.24, 2.45) is 5.41 Å². The Hall–Kier alpha value is 0.01000. The van der Waals surface area contributed by atoms with Gasteiger partial charge in [-0.25, -0.2) is 0 Å². The highest BCUT2D eigenvalue weighted by Crippen LogP contribution is 2.54. The average molecular weight is 279 g/mol. The number of carbonyl (C=O) groups is 1. The standard InChI is InChI=1S/C12H20Cl2N2O/c1-9(17)16-11(4)6-5-7-15(11)8-10(2,3)12(16,13)14/h5-8H2,1-4H3. The minimum Gasteiger partial charge on any atom is -0.292 e. The third kappa shape index (κ3) is 1.70. The van der Waals surface area contributed by atoms with Crippen molar-refractivity contribution in [2.75, 3.05) is 13.1 Å². The molecule has 2 saturated heterocycles. The molecule has 2 fully saturated rings. The van der Waals surface area contributed by atoms with E-state index in [1.165, 1.54) is 0 Å². The Morgan fingerprint density at radius 1 is 1.24 bits per heavy atom. The maximum absolute atomic E-state index is 12.0. The summed E-state index contributed by atoms with van der Waals surface area (Å²) in [6.07, 6.45) is 2.02. The fourth-order valence-corrected chi connectivity index (χ4v) is 3.94. The summed E-state index contributed by atoms with van der Waals surface area (Å²) in [6, 6.07) is 0. The lowest BCUT2D eigenvalue weighted by Crippen LogP contribution is -2.72. The Balaban J connectivity index is 2.50. The van der Waals surface area contributed by atoms with Gasteiger partial charge in [0.25, 0.3) is 0 Å². The third-order valence-electron chi connectivity index (χ3n) is 4.24. The molecule has 1 amide bonds. The van der Waals surface area contributed by atoms with Crippen molar-refractivity contribution in [2.45, 2.75) is 50.7 Å². The lowest BCUT2D eigenvalue weighted by Gasteiger charge is -2.60. The summed E-state index contributed by atoms with van der Waals surface area (Å²) in [5, 5.41) is 0. The smallest absolute Gasteiger partial charge is 0.223 e. The molecule has 5 heteroatoms. The first kappa shape index (κ1) is 13.4. The summed E-state index contributed by atoms with van der Waals surface area (Å²) >= 11 is 13.0. The third-order valence-corrected chi connectivity index (χ3v) is 5.60. The van der Waals surface area contributed by atoms with Gasteiger partial charge in [0, 0.05) is 25.4 Å². The van der Waals surface area contributed by atoms with E-state index in [4.69, 9.17) is 23.2 Å². The molecule has 0 aromatic rings. The van der Waals surface area contributed by atoms with Crippen molar-refractivity contribution >= 4 is 29.1 Å². The number of alkyl halides is 2. The molecule has 3 nitrogen and oxygen atoms in total. The molecule has 2 aliphatic heterocycles. The number of fused-ring (bicyclic) bond motifs is 1. The molecule has 0 N–H and O–H groups in total. The van der Waals surface area contributed by atoms with E-state index in [0.29, 0.717) is 0 Å². The van der Waals surface area contributed by atoms with E-state index >= 15 is 0 Å². The van der Waals surface area contributed by atoms with Crippen molar-refractivity contribution in [3.05, 3.63) is 0 Å². The van der Waals surface area contributed by atoms with Crippen LogP contribution in [0.15, 0.2) is 0 Å². The van der Waals surface area contributed by atoms with Gasteiger partial charge in [-0.15, -0.1) is 0 Å². The zero-order valence-corrected chi connectivity index (χ0v) is 12.4. The van der Waals surface area contributed by atoms with Crippen molar-refractivity contribution in [3.63, 3.8) is 0 Å². The van der Waals surface area contributed by atoms with Gasteiger partial charge in [-0.05, 0) is 19.8 Å². The van der Waals surface area contributed by atoms with E-state index in [1.54, 1.807) is 11.8 Å². The zero-order valence-electron chi connectivity index (χ0n) is 10.9. The van der Waals surface area contributed by atoms with Crippen molar-refractivity contribution in [3.8, 4) is 0 Å². The van der Waals surface area contributed by atoms with Crippen LogP contribution in [0.3, 0.4) is 0 Å². The molecular weight excluding hydrogens is 259 g/mol. The predicted molar refractivity (Wildman–Crippen MR) is 70.0 cm³/mol. The van der Waals surface area contributed by atoms with Crippen molar-refractivity contribution < 1.29 is 4.79 Å². The number of halogens is 2. The molecule has 1 unspecified atom stereocenters. The molecule has 17 heavy (non-hydrogen) atoms. The molecule has 1 atom stereocenters. The fourth-order valence-electron chi connectivity index (χ4n) is 3.22. The quantitative estimate of drug-likeness (QED) is 0.503. The van der Waals surface area contributed by atoms with E-state index < -0.39 is 4.46 Å². The molecule has 0 saturated carbocycles. The number of nitrogens with zero attached hydrogens (tertiary/aromatic N) is 2. The van der Waals surface area contributed by atoms with Crippen LogP contribution in [-0.2, 0) is 4.79 Å². The molecule has 98 valence electrons. The second-order valence-electron chi connectivity index (χ2n) is 6.02. The Morgan fingerprint density at radius 3 is 2.35 bits per heavy atom. The minimum absolute atomic E-state index is 0.0582. The summed E-state index contributed by atoms with van der Waals surface area (Å²) in [4.78, 5) is 16.0. The Labute approximate surface area is 113 Å². The number of carbonyl (C=O) groups excluding carboxylic acids is 1. The van der Waals surface area contributed by atoms with E-state index in [2.05, 4.69) is 11.8 Å². The minimum atomic E-state index is -1.14. The Bertz CT molecular complexity index is 352. The molecule has 0 aromatic heterocycles. The van der Waals surface area contributed by atoms with E-state index in [1.807, 2.05) is 13.8 Å². The van der Waals surface area contributed by atoms with Gasteiger partial charge in [0.15, 0.2) is 4.46 Å². The monoisotopic (exact) mass is 278 g/mol. The van der Waals surface area contributed by atoms with Gasteiger partial charge in [-0.3, -0.25) is 14.6 Å². The Morgan fingerprint density at radius 2 is 1.82 bits per heavy atom. The Kier molecular flexibility index (Phi) is 2.97. The van der Waals surface area contributed by atoms with Gasteiger partial charge in [-0.1, -0.05) is 37.0 Å². The van der Waals surface area contributed by atoms with Crippen LogP contribution >= 0.6 is 23.2 Å². The molecule has 2 heterocycles. The molecule has 2 aliphatic rings. The van der Waals surface area contributed by atoms with Crippen LogP contribution in [0.25, 0.3) is 0 Å². The summed E-state index contributed by atoms with van der Waals surface area (Å²) < 4.78 is -1.14. The van der Waals surface area contributed by atoms with Gasteiger partial charge in [0.1, 0.15) is 0 Å². The van der Waals surface area contributed by atoms with E-state index in [0.717, 1.165) is 25.9 Å². The largest absolute Gasteiger partial charge is 0.292 e. The van der Waals surface area contributed by atoms with Crippen LogP contribution < -0.4 is 0 Å². The highest BCUT2D eigenvalue weighted by molar-refractivity contribution is 6.49. The molecular formula is C12H20Cl2N2O. The average Bonchev–Trinajstić information content (AvgIpc) is 2.44. The maximum atomic E-state index is 12.0. The SMILES string of the molecule is CC(=O)N1C2(C)CCCN2CC(C)(C)C1(Cl)Cl. The maximum Gasteiger partial charge on any atom is 0.223 e. The topological polar surface area (TPSA) is 23.6 Å². The van der Waals surface area contributed by atoms with Crippen LogP contribution in [-0.4, -0.2) is 38.9 Å². The lowest BCUT2D eigenvalue weighted by molar-refractivity contribution is -0.165. The fraction of sp³-hybridized carbons (Fsp3) is 0.917. The van der Waals surface area contributed by atoms with Crippen molar-refractivity contribution in [1.29, 1.82) is 0 Å². The first-order valence-corrected chi connectivity index (χ1v) is 6.82. The highest BCUT2D eigenvalue weighted by atomic mass is 35.5. The molecule has 2 rings (SSSR count). The number of amides is 1. The predicted octanol–water partition coefficient (Wildman–Crippen LogP) is 2.82. The molecule has 0 radical (unpaired) electrons. The van der Waals surface area contributed by atoms with Gasteiger partial charge < -0.3 is 0 Å². The second-order valence-corrected chi connectivity index (χ2v) is 7.31. The van der Waals surface area contributed by atoms with Gasteiger partial charge in [0.05, 0.1) is 5.66 Å². The summed E-state index contributed by atoms with van der Waals surface area (Å²) in [7, 11) is 0. The highest BCUT2D eigenvalue weighted by Gasteiger charge is 2.62. The molecule has 0 bridgehead atoms. The lowest BCUT2D eigenvalue weighted by atomic mass is 9.85. The summed E-state index contributed by atoms with van der Waals surface area (Å²) in [6.45, 7) is 9.47. The first-order valence-electron chi connectivity index (χ1n) is 6.07. The molecule has 0 aromatic carbocycles. The molecule has 0 aliphatic carbocycles. The molecule has 0 spiro atoms. The van der Waals surface area contributed by atoms with Crippen LogP contribution in [0.5, 0.6) is 0 Å². The normalized spacial score (nSPS) is 35.8. The van der Waals surface area contributed by atoms with E-state index in [9.17, 15) is 4.79 Å². The van der Waals surface area contributed by atoms with Gasteiger partial charge in [0.2, 0.25) is 5.91 Å². The zero-order chi connectivity index (χ0) is 13.1. The van der Waals surface area contributed by atoms with Crippen molar-refractivity contribution in [1.82, 2.24) is 9.80 Å². The second kappa shape index (κ2) is 3.75. The summed E-state index contributed by atoms with van der Waals surface area (Å²) in [5.74, 6) is -0.0582. The number of hydrogen-bond donors (Lipinski definition) is 0. The van der Waals surface area contributed by atoms with Crippen LogP contribution in [0.1, 0.15) is 40.5 Å². The van der Waals surface area contributed by atoms with Crippen LogP contribution in [0, 0.1) is 5.41 Å². The number of hydrogen-bond acceptors (Lipinski definition) is 2. The van der Waals surface area contributed by atoms with Gasteiger partial charge >= 0.3 is 0 Å². The van der Waals surface area contributed by atoms with Crippen LogP contribution in [0.4, 0.5) is 0 Å². The number of rotatable bonds is 0.